The topological polar surface area (TPSA) is 96.0 Å². The first kappa shape index (κ1) is 30.7. The van der Waals surface area contributed by atoms with E-state index in [1.165, 1.54) is 4.90 Å². The van der Waals surface area contributed by atoms with E-state index >= 15 is 0 Å². The van der Waals surface area contributed by atoms with Gasteiger partial charge in [-0.3, -0.25) is 13.9 Å². The van der Waals surface area contributed by atoms with Crippen molar-refractivity contribution in [2.24, 2.45) is 0 Å². The second-order valence-corrected chi connectivity index (χ2v) is 12.0. The Morgan fingerprint density at radius 3 is 2.08 bits per heavy atom. The number of rotatable bonds is 13. The molecule has 40 heavy (non-hydrogen) atoms. The number of carbonyl (C=O) groups excluding carboxylic acids is 2. The van der Waals surface area contributed by atoms with E-state index in [0.29, 0.717) is 18.0 Å². The molecule has 214 valence electrons. The summed E-state index contributed by atoms with van der Waals surface area (Å²) in [7, 11) is -3.83. The summed E-state index contributed by atoms with van der Waals surface area (Å²) in [6.07, 6.45) is 1.34. The van der Waals surface area contributed by atoms with E-state index in [1.54, 1.807) is 24.3 Å². The lowest BCUT2D eigenvalue weighted by atomic mass is 10.0. The maximum atomic E-state index is 14.1. The molecule has 3 aromatic rings. The lowest BCUT2D eigenvalue weighted by Crippen LogP contribution is -2.54. The largest absolute Gasteiger partial charge is 0.494 e. The average molecular weight is 566 g/mol. The molecular weight excluding hydrogens is 526 g/mol. The molecule has 0 spiro atoms. The van der Waals surface area contributed by atoms with E-state index < -0.39 is 28.5 Å². The second-order valence-electron chi connectivity index (χ2n) is 10.1. The van der Waals surface area contributed by atoms with Crippen LogP contribution < -0.4 is 14.4 Å². The number of nitrogens with one attached hydrogen (secondary N) is 1. The van der Waals surface area contributed by atoms with Crippen LogP contribution in [0.25, 0.3) is 0 Å². The molecule has 3 aromatic carbocycles. The van der Waals surface area contributed by atoms with Crippen molar-refractivity contribution in [3.63, 3.8) is 0 Å². The predicted molar refractivity (Wildman–Crippen MR) is 159 cm³/mol. The van der Waals surface area contributed by atoms with Gasteiger partial charge in [-0.05, 0) is 63.1 Å². The number of amides is 2. The SMILES string of the molecule is CCOc1ccc(N(CC(=O)N(Cc2ccc(C)cc2)[C@H](Cc2ccccc2)C(=O)NC(C)C)S(C)(=O)=O)cc1. The standard InChI is InChI=1S/C31H39N3O5S/c1-6-39-28-18-16-27(17-19-28)34(40(5,37)38)22-30(35)33(21-26-14-12-24(4)13-15-26)29(31(36)32-23(2)3)20-25-10-8-7-9-11-25/h7-19,23,29H,6,20-22H2,1-5H3,(H,32,36)/t29-/m1/s1. The normalized spacial score (nSPS) is 12.1. The van der Waals surface area contributed by atoms with Gasteiger partial charge < -0.3 is 15.0 Å². The van der Waals surface area contributed by atoms with E-state index in [2.05, 4.69) is 5.32 Å². The zero-order chi connectivity index (χ0) is 29.3. The Bertz CT molecular complexity index is 1360. The van der Waals surface area contributed by atoms with Crippen molar-refractivity contribution in [1.29, 1.82) is 0 Å². The highest BCUT2D eigenvalue weighted by Crippen LogP contribution is 2.23. The van der Waals surface area contributed by atoms with Gasteiger partial charge in [0.1, 0.15) is 18.3 Å². The molecule has 0 fully saturated rings. The summed E-state index contributed by atoms with van der Waals surface area (Å²) in [4.78, 5) is 29.1. The molecule has 0 aromatic heterocycles. The van der Waals surface area contributed by atoms with Crippen LogP contribution in [-0.4, -0.2) is 56.6 Å². The first-order chi connectivity index (χ1) is 19.0. The fourth-order valence-corrected chi connectivity index (χ4v) is 5.16. The first-order valence-electron chi connectivity index (χ1n) is 13.4. The van der Waals surface area contributed by atoms with Gasteiger partial charge in [-0.15, -0.1) is 0 Å². The molecule has 0 unspecified atom stereocenters. The maximum Gasteiger partial charge on any atom is 0.244 e. The van der Waals surface area contributed by atoms with Crippen LogP contribution in [0.2, 0.25) is 0 Å². The number of nitrogens with zero attached hydrogens (tertiary/aromatic N) is 2. The van der Waals surface area contributed by atoms with Gasteiger partial charge in [0.25, 0.3) is 0 Å². The summed E-state index contributed by atoms with van der Waals surface area (Å²) in [6.45, 7) is 7.72. The molecular formula is C31H39N3O5S. The lowest BCUT2D eigenvalue weighted by molar-refractivity contribution is -0.140. The number of hydrogen-bond acceptors (Lipinski definition) is 5. The number of anilines is 1. The van der Waals surface area contributed by atoms with Crippen molar-refractivity contribution in [2.45, 2.75) is 52.7 Å². The van der Waals surface area contributed by atoms with Gasteiger partial charge in [-0.1, -0.05) is 60.2 Å². The number of aryl methyl sites for hydroxylation is 1. The molecule has 0 heterocycles. The van der Waals surface area contributed by atoms with Crippen molar-refractivity contribution in [1.82, 2.24) is 10.2 Å². The summed E-state index contributed by atoms with van der Waals surface area (Å²) in [5.41, 5.74) is 3.13. The summed E-state index contributed by atoms with van der Waals surface area (Å²) < 4.78 is 32.3. The fourth-order valence-electron chi connectivity index (χ4n) is 4.31. The van der Waals surface area contributed by atoms with Crippen molar-refractivity contribution >= 4 is 27.5 Å². The van der Waals surface area contributed by atoms with Crippen LogP contribution in [-0.2, 0) is 32.6 Å². The van der Waals surface area contributed by atoms with Crippen molar-refractivity contribution in [2.75, 3.05) is 23.7 Å². The molecule has 0 saturated carbocycles. The lowest BCUT2D eigenvalue weighted by Gasteiger charge is -2.34. The highest BCUT2D eigenvalue weighted by Gasteiger charge is 2.33. The average Bonchev–Trinajstić information content (AvgIpc) is 2.90. The molecule has 1 N–H and O–H groups in total. The quantitative estimate of drug-likeness (QED) is 0.333. The summed E-state index contributed by atoms with van der Waals surface area (Å²) in [6, 6.07) is 22.7. The van der Waals surface area contributed by atoms with Gasteiger partial charge in [0.05, 0.1) is 18.6 Å². The minimum atomic E-state index is -3.83. The fraction of sp³-hybridized carbons (Fsp3) is 0.355. The molecule has 2 amide bonds. The summed E-state index contributed by atoms with van der Waals surface area (Å²) in [5, 5.41) is 2.95. The second kappa shape index (κ2) is 14.0. The Morgan fingerprint density at radius 1 is 0.900 bits per heavy atom. The highest BCUT2D eigenvalue weighted by molar-refractivity contribution is 7.92. The Hall–Kier alpha value is -3.85. The molecule has 1 atom stereocenters. The van der Waals surface area contributed by atoms with Gasteiger partial charge in [0, 0.05) is 19.0 Å². The third-order valence-corrected chi connectivity index (χ3v) is 7.43. The van der Waals surface area contributed by atoms with Crippen molar-refractivity contribution < 1.29 is 22.7 Å². The molecule has 3 rings (SSSR count). The summed E-state index contributed by atoms with van der Waals surface area (Å²) in [5.74, 6) is -0.189. The number of carbonyl (C=O) groups is 2. The zero-order valence-electron chi connectivity index (χ0n) is 23.8. The van der Waals surface area contributed by atoms with E-state index in [0.717, 1.165) is 27.3 Å². The number of benzene rings is 3. The molecule has 0 aliphatic rings. The van der Waals surface area contributed by atoms with E-state index in [-0.39, 0.29) is 24.9 Å². The van der Waals surface area contributed by atoms with Gasteiger partial charge in [0.2, 0.25) is 21.8 Å². The van der Waals surface area contributed by atoms with Crippen LogP contribution >= 0.6 is 0 Å². The minimum absolute atomic E-state index is 0.140. The van der Waals surface area contributed by atoms with Gasteiger partial charge in [-0.2, -0.15) is 0 Å². The Labute approximate surface area is 238 Å². The molecule has 0 bridgehead atoms. The third-order valence-electron chi connectivity index (χ3n) is 6.29. The van der Waals surface area contributed by atoms with Crippen molar-refractivity contribution in [3.05, 3.63) is 95.6 Å². The number of hydrogen-bond donors (Lipinski definition) is 1. The Kier molecular flexibility index (Phi) is 10.7. The maximum absolute atomic E-state index is 14.1. The van der Waals surface area contributed by atoms with Crippen molar-refractivity contribution in [3.8, 4) is 5.75 Å². The molecule has 9 heteroatoms. The molecule has 0 radical (unpaired) electrons. The number of sulfonamides is 1. The van der Waals surface area contributed by atoms with Gasteiger partial charge in [-0.25, -0.2) is 8.42 Å². The number of ether oxygens (including phenoxy) is 1. The van der Waals surface area contributed by atoms with Crippen LogP contribution in [0.15, 0.2) is 78.9 Å². The molecule has 8 nitrogen and oxygen atoms in total. The molecule has 0 saturated heterocycles. The smallest absolute Gasteiger partial charge is 0.244 e. The predicted octanol–water partition coefficient (Wildman–Crippen LogP) is 4.32. The molecule has 0 aliphatic heterocycles. The van der Waals surface area contributed by atoms with Gasteiger partial charge in [0.15, 0.2) is 0 Å². The van der Waals surface area contributed by atoms with Crippen LogP contribution in [0.3, 0.4) is 0 Å². The third kappa shape index (κ3) is 8.84. The monoisotopic (exact) mass is 565 g/mol. The van der Waals surface area contributed by atoms with Crippen LogP contribution in [0.4, 0.5) is 5.69 Å². The van der Waals surface area contributed by atoms with Crippen LogP contribution in [0.5, 0.6) is 5.75 Å². The van der Waals surface area contributed by atoms with Crippen LogP contribution in [0.1, 0.15) is 37.5 Å². The first-order valence-corrected chi connectivity index (χ1v) is 15.2. The van der Waals surface area contributed by atoms with Gasteiger partial charge >= 0.3 is 0 Å². The van der Waals surface area contributed by atoms with E-state index in [9.17, 15) is 18.0 Å². The minimum Gasteiger partial charge on any atom is -0.494 e. The highest BCUT2D eigenvalue weighted by atomic mass is 32.2. The molecule has 0 aliphatic carbocycles. The zero-order valence-corrected chi connectivity index (χ0v) is 24.6. The van der Waals surface area contributed by atoms with Crippen LogP contribution in [0, 0.1) is 6.92 Å². The summed E-state index contributed by atoms with van der Waals surface area (Å²) >= 11 is 0. The van der Waals surface area contributed by atoms with E-state index in [4.69, 9.17) is 4.74 Å². The Morgan fingerprint density at radius 2 is 1.52 bits per heavy atom. The Balaban J connectivity index is 2.02. The van der Waals surface area contributed by atoms with E-state index in [1.807, 2.05) is 82.3 Å².